The Morgan fingerprint density at radius 3 is 2.82 bits per heavy atom. The highest BCUT2D eigenvalue weighted by molar-refractivity contribution is 5.89. The molecular weight excluding hydrogens is 432 g/mol. The summed E-state index contributed by atoms with van der Waals surface area (Å²) >= 11 is 0. The van der Waals surface area contributed by atoms with E-state index in [-0.39, 0.29) is 12.5 Å². The summed E-state index contributed by atoms with van der Waals surface area (Å²) < 4.78 is 14.7. The SMILES string of the molecule is COc1cccc(-c2nnc3ccc(OCCNC(=O)Cc4cn(C)c5ccccc45)nn23)c1. The van der Waals surface area contributed by atoms with Gasteiger partial charge in [-0.25, -0.2) is 0 Å². The van der Waals surface area contributed by atoms with Crippen LogP contribution in [0.3, 0.4) is 0 Å². The van der Waals surface area contributed by atoms with Gasteiger partial charge in [0.1, 0.15) is 12.4 Å². The summed E-state index contributed by atoms with van der Waals surface area (Å²) in [5.74, 6) is 1.67. The number of fused-ring (bicyclic) bond motifs is 2. The van der Waals surface area contributed by atoms with Crippen molar-refractivity contribution in [1.82, 2.24) is 29.7 Å². The summed E-state index contributed by atoms with van der Waals surface area (Å²) in [5, 5.41) is 16.9. The number of carbonyl (C=O) groups is 1. The van der Waals surface area contributed by atoms with Gasteiger partial charge >= 0.3 is 0 Å². The maximum absolute atomic E-state index is 12.4. The number of carbonyl (C=O) groups excluding carboxylic acids is 1. The van der Waals surface area contributed by atoms with Crippen molar-refractivity contribution in [3.05, 3.63) is 72.4 Å². The van der Waals surface area contributed by atoms with Crippen LogP contribution in [0.4, 0.5) is 0 Å². The van der Waals surface area contributed by atoms with E-state index in [4.69, 9.17) is 9.47 Å². The van der Waals surface area contributed by atoms with Crippen molar-refractivity contribution in [3.8, 4) is 23.0 Å². The van der Waals surface area contributed by atoms with E-state index in [0.29, 0.717) is 30.3 Å². The van der Waals surface area contributed by atoms with Crippen LogP contribution >= 0.6 is 0 Å². The van der Waals surface area contributed by atoms with Crippen LogP contribution in [0.2, 0.25) is 0 Å². The van der Waals surface area contributed by atoms with Gasteiger partial charge in [-0.2, -0.15) is 4.52 Å². The van der Waals surface area contributed by atoms with Gasteiger partial charge in [-0.05, 0) is 29.8 Å². The minimum Gasteiger partial charge on any atom is -0.497 e. The largest absolute Gasteiger partial charge is 0.497 e. The molecule has 0 saturated heterocycles. The van der Waals surface area contributed by atoms with Crippen LogP contribution in [0.5, 0.6) is 11.6 Å². The van der Waals surface area contributed by atoms with Gasteiger partial charge in [0, 0.05) is 35.8 Å². The zero-order chi connectivity index (χ0) is 23.5. The first-order valence-corrected chi connectivity index (χ1v) is 10.9. The van der Waals surface area contributed by atoms with Gasteiger partial charge in [-0.1, -0.05) is 30.3 Å². The predicted octanol–water partition coefficient (Wildman–Crippen LogP) is 3.03. The molecule has 0 aliphatic carbocycles. The Kier molecular flexibility index (Phi) is 5.82. The van der Waals surface area contributed by atoms with E-state index in [9.17, 15) is 4.79 Å². The van der Waals surface area contributed by atoms with Gasteiger partial charge < -0.3 is 19.4 Å². The first-order valence-electron chi connectivity index (χ1n) is 10.9. The van der Waals surface area contributed by atoms with E-state index in [2.05, 4.69) is 20.6 Å². The average Bonchev–Trinajstić information content (AvgIpc) is 3.43. The molecule has 0 fully saturated rings. The number of hydrogen-bond donors (Lipinski definition) is 1. The molecule has 0 spiro atoms. The Balaban J connectivity index is 1.20. The summed E-state index contributed by atoms with van der Waals surface area (Å²) in [7, 11) is 3.60. The molecule has 5 rings (SSSR count). The monoisotopic (exact) mass is 456 g/mol. The van der Waals surface area contributed by atoms with Crippen LogP contribution in [0.25, 0.3) is 27.9 Å². The van der Waals surface area contributed by atoms with E-state index >= 15 is 0 Å². The fraction of sp³-hybridized carbons (Fsp3) is 0.200. The molecular formula is C25H24N6O3. The number of hydrogen-bond acceptors (Lipinski definition) is 6. The third-order valence-corrected chi connectivity index (χ3v) is 5.57. The minimum absolute atomic E-state index is 0.0533. The van der Waals surface area contributed by atoms with E-state index in [0.717, 1.165) is 27.8 Å². The first kappa shape index (κ1) is 21.4. The summed E-state index contributed by atoms with van der Waals surface area (Å²) in [6.07, 6.45) is 2.31. The molecule has 5 aromatic rings. The van der Waals surface area contributed by atoms with Crippen LogP contribution in [-0.4, -0.2) is 50.5 Å². The number of aryl methyl sites for hydroxylation is 1. The minimum atomic E-state index is -0.0533. The molecule has 0 radical (unpaired) electrons. The molecule has 0 aliphatic heterocycles. The van der Waals surface area contributed by atoms with Crippen molar-refractivity contribution < 1.29 is 14.3 Å². The molecule has 3 heterocycles. The Labute approximate surface area is 195 Å². The van der Waals surface area contributed by atoms with Crippen molar-refractivity contribution >= 4 is 22.5 Å². The molecule has 2 aromatic carbocycles. The van der Waals surface area contributed by atoms with E-state index in [1.807, 2.05) is 66.3 Å². The Morgan fingerprint density at radius 1 is 1.06 bits per heavy atom. The number of methoxy groups -OCH3 is 1. The smallest absolute Gasteiger partial charge is 0.231 e. The number of amides is 1. The molecule has 1 N–H and O–H groups in total. The molecule has 9 nitrogen and oxygen atoms in total. The van der Waals surface area contributed by atoms with Gasteiger partial charge in [-0.15, -0.1) is 15.3 Å². The third kappa shape index (κ3) is 4.27. The van der Waals surface area contributed by atoms with Gasteiger partial charge in [0.15, 0.2) is 11.5 Å². The molecule has 3 aromatic heterocycles. The van der Waals surface area contributed by atoms with Crippen LogP contribution in [0.1, 0.15) is 5.56 Å². The van der Waals surface area contributed by atoms with E-state index in [1.54, 1.807) is 23.8 Å². The van der Waals surface area contributed by atoms with Gasteiger partial charge in [-0.3, -0.25) is 4.79 Å². The maximum Gasteiger partial charge on any atom is 0.231 e. The number of benzene rings is 2. The number of ether oxygens (including phenoxy) is 2. The quantitative estimate of drug-likeness (QED) is 0.361. The standard InChI is InChI=1S/C25H24N6O3/c1-30-16-18(20-8-3-4-9-21(20)30)15-23(32)26-12-13-34-24-11-10-22-27-28-25(31(22)29-24)17-6-5-7-19(14-17)33-2/h3-11,14,16H,12-13,15H2,1-2H3,(H,26,32). The molecule has 0 unspecified atom stereocenters. The van der Waals surface area contributed by atoms with Gasteiger partial charge in [0.05, 0.1) is 20.1 Å². The normalized spacial score (nSPS) is 11.1. The highest BCUT2D eigenvalue weighted by Crippen LogP contribution is 2.23. The summed E-state index contributed by atoms with van der Waals surface area (Å²) in [6.45, 7) is 0.657. The van der Waals surface area contributed by atoms with E-state index in [1.165, 1.54) is 0 Å². The summed E-state index contributed by atoms with van der Waals surface area (Å²) in [5.41, 5.74) is 3.55. The average molecular weight is 457 g/mol. The zero-order valence-electron chi connectivity index (χ0n) is 18.9. The maximum atomic E-state index is 12.4. The Morgan fingerprint density at radius 2 is 1.94 bits per heavy atom. The zero-order valence-corrected chi connectivity index (χ0v) is 18.9. The summed E-state index contributed by atoms with van der Waals surface area (Å²) in [4.78, 5) is 12.4. The van der Waals surface area contributed by atoms with Crippen molar-refractivity contribution in [2.24, 2.45) is 7.05 Å². The Hall–Kier alpha value is -4.40. The summed E-state index contributed by atoms with van der Waals surface area (Å²) in [6, 6.07) is 19.1. The van der Waals surface area contributed by atoms with Crippen molar-refractivity contribution in [3.63, 3.8) is 0 Å². The lowest BCUT2D eigenvalue weighted by Crippen LogP contribution is -2.29. The third-order valence-electron chi connectivity index (χ3n) is 5.57. The number of aromatic nitrogens is 5. The molecule has 0 bridgehead atoms. The fourth-order valence-corrected chi connectivity index (χ4v) is 3.94. The lowest BCUT2D eigenvalue weighted by Gasteiger charge is -2.08. The predicted molar refractivity (Wildman–Crippen MR) is 128 cm³/mol. The van der Waals surface area contributed by atoms with Gasteiger partial charge in [0.25, 0.3) is 0 Å². The fourth-order valence-electron chi connectivity index (χ4n) is 3.94. The number of nitrogens with zero attached hydrogens (tertiary/aromatic N) is 5. The lowest BCUT2D eigenvalue weighted by atomic mass is 10.1. The van der Waals surface area contributed by atoms with Crippen molar-refractivity contribution in [2.45, 2.75) is 6.42 Å². The number of rotatable bonds is 8. The second-order valence-corrected chi connectivity index (χ2v) is 7.85. The second-order valence-electron chi connectivity index (χ2n) is 7.85. The Bertz CT molecular complexity index is 1470. The van der Waals surface area contributed by atoms with Crippen molar-refractivity contribution in [2.75, 3.05) is 20.3 Å². The highest BCUT2D eigenvalue weighted by Gasteiger charge is 2.12. The topological polar surface area (TPSA) is 95.6 Å². The van der Waals surface area contributed by atoms with Crippen LogP contribution in [0.15, 0.2) is 66.9 Å². The molecule has 0 atom stereocenters. The number of nitrogens with one attached hydrogen (secondary N) is 1. The molecule has 172 valence electrons. The molecule has 1 amide bonds. The van der Waals surface area contributed by atoms with Gasteiger partial charge in [0.2, 0.25) is 11.8 Å². The number of para-hydroxylation sites is 1. The first-order chi connectivity index (χ1) is 16.6. The van der Waals surface area contributed by atoms with E-state index < -0.39 is 0 Å². The highest BCUT2D eigenvalue weighted by atomic mass is 16.5. The molecule has 34 heavy (non-hydrogen) atoms. The van der Waals surface area contributed by atoms with Crippen LogP contribution in [-0.2, 0) is 18.3 Å². The van der Waals surface area contributed by atoms with Crippen LogP contribution < -0.4 is 14.8 Å². The van der Waals surface area contributed by atoms with Crippen LogP contribution in [0, 0.1) is 0 Å². The van der Waals surface area contributed by atoms with Crippen molar-refractivity contribution in [1.29, 1.82) is 0 Å². The molecule has 9 heteroatoms. The molecule has 0 aliphatic rings. The second kappa shape index (κ2) is 9.22. The lowest BCUT2D eigenvalue weighted by molar-refractivity contribution is -0.120. The molecule has 0 saturated carbocycles.